The maximum absolute atomic E-state index is 12.3. The Morgan fingerprint density at radius 2 is 1.88 bits per heavy atom. The van der Waals surface area contributed by atoms with Crippen LogP contribution < -0.4 is 5.32 Å². The van der Waals surface area contributed by atoms with Crippen LogP contribution in [0.2, 0.25) is 0 Å². The first-order chi connectivity index (χ1) is 12.0. The summed E-state index contributed by atoms with van der Waals surface area (Å²) in [6, 6.07) is 14.6. The van der Waals surface area contributed by atoms with E-state index in [1.54, 1.807) is 0 Å². The first kappa shape index (κ1) is 17.4. The summed E-state index contributed by atoms with van der Waals surface area (Å²) in [5.41, 5.74) is 6.68. The summed E-state index contributed by atoms with van der Waals surface area (Å²) in [6.45, 7) is 6.24. The maximum atomic E-state index is 12.3. The first-order valence-electron chi connectivity index (χ1n) is 8.46. The van der Waals surface area contributed by atoms with Gasteiger partial charge in [-0.15, -0.1) is 11.3 Å². The lowest BCUT2D eigenvalue weighted by atomic mass is 10.0. The number of carbonyl (C=O) groups is 1. The summed E-state index contributed by atoms with van der Waals surface area (Å²) in [5, 5.41) is 5.54. The van der Waals surface area contributed by atoms with Gasteiger partial charge < -0.3 is 5.32 Å². The molecule has 0 aliphatic carbocycles. The van der Waals surface area contributed by atoms with Crippen LogP contribution in [-0.4, -0.2) is 10.9 Å². The lowest BCUT2D eigenvalue weighted by Crippen LogP contribution is -2.14. The van der Waals surface area contributed by atoms with Crippen molar-refractivity contribution in [1.82, 2.24) is 4.98 Å². The van der Waals surface area contributed by atoms with Crippen molar-refractivity contribution in [3.05, 3.63) is 70.1 Å². The highest BCUT2D eigenvalue weighted by molar-refractivity contribution is 7.14. The van der Waals surface area contributed by atoms with Gasteiger partial charge in [0.25, 0.3) is 0 Å². The average molecular weight is 350 g/mol. The molecule has 0 aliphatic rings. The van der Waals surface area contributed by atoms with E-state index in [-0.39, 0.29) is 5.91 Å². The zero-order valence-electron chi connectivity index (χ0n) is 14.8. The van der Waals surface area contributed by atoms with Gasteiger partial charge in [0.15, 0.2) is 5.13 Å². The topological polar surface area (TPSA) is 42.0 Å². The highest BCUT2D eigenvalue weighted by atomic mass is 32.1. The second-order valence-electron chi connectivity index (χ2n) is 6.24. The molecule has 0 unspecified atom stereocenters. The fraction of sp³-hybridized carbons (Fsp3) is 0.238. The number of anilines is 1. The van der Waals surface area contributed by atoms with E-state index in [1.807, 2.05) is 24.4 Å². The van der Waals surface area contributed by atoms with Crippen molar-refractivity contribution in [2.45, 2.75) is 33.6 Å². The van der Waals surface area contributed by atoms with Gasteiger partial charge in [0.05, 0.1) is 12.1 Å². The number of hydrogen-bond donors (Lipinski definition) is 1. The van der Waals surface area contributed by atoms with Crippen molar-refractivity contribution in [2.24, 2.45) is 0 Å². The summed E-state index contributed by atoms with van der Waals surface area (Å²) in [5.74, 6) is -0.0332. The van der Waals surface area contributed by atoms with E-state index in [0.717, 1.165) is 28.8 Å². The molecule has 4 heteroatoms. The van der Waals surface area contributed by atoms with Gasteiger partial charge in [-0.05, 0) is 37.0 Å². The quantitative estimate of drug-likeness (QED) is 0.690. The SMILES string of the molecule is CCc1ccc(-c2csc(NC(=O)Cc3ccc(C)cc3C)n2)cc1. The second kappa shape index (κ2) is 7.62. The molecular formula is C21H22N2OS. The van der Waals surface area contributed by atoms with E-state index in [1.165, 1.54) is 22.5 Å². The molecule has 0 saturated carbocycles. The molecule has 1 aromatic heterocycles. The number of aryl methyl sites for hydroxylation is 3. The molecular weight excluding hydrogens is 328 g/mol. The maximum Gasteiger partial charge on any atom is 0.230 e. The summed E-state index contributed by atoms with van der Waals surface area (Å²) in [4.78, 5) is 16.8. The zero-order valence-corrected chi connectivity index (χ0v) is 15.6. The standard InChI is InChI=1S/C21H22N2OS/c1-4-16-6-9-17(10-7-16)19-13-25-21(22-19)23-20(24)12-18-8-5-14(2)11-15(18)3/h5-11,13H,4,12H2,1-3H3,(H,22,23,24). The van der Waals surface area contributed by atoms with Crippen LogP contribution in [0.4, 0.5) is 5.13 Å². The van der Waals surface area contributed by atoms with Crippen LogP contribution in [0.25, 0.3) is 11.3 Å². The first-order valence-corrected chi connectivity index (χ1v) is 9.34. The van der Waals surface area contributed by atoms with Crippen LogP contribution >= 0.6 is 11.3 Å². The number of hydrogen-bond acceptors (Lipinski definition) is 3. The molecule has 1 N–H and O–H groups in total. The lowest BCUT2D eigenvalue weighted by molar-refractivity contribution is -0.115. The van der Waals surface area contributed by atoms with Crippen LogP contribution in [0.3, 0.4) is 0 Å². The number of nitrogens with zero attached hydrogens (tertiary/aromatic N) is 1. The van der Waals surface area contributed by atoms with Gasteiger partial charge in [0, 0.05) is 10.9 Å². The van der Waals surface area contributed by atoms with Crippen molar-refractivity contribution >= 4 is 22.4 Å². The number of thiazole rings is 1. The molecule has 3 aromatic rings. The number of aromatic nitrogens is 1. The molecule has 0 radical (unpaired) electrons. The van der Waals surface area contributed by atoms with Gasteiger partial charge in [0.1, 0.15) is 0 Å². The monoisotopic (exact) mass is 350 g/mol. The molecule has 25 heavy (non-hydrogen) atoms. The molecule has 0 bridgehead atoms. The molecule has 0 aliphatic heterocycles. The van der Waals surface area contributed by atoms with Crippen LogP contribution in [0.15, 0.2) is 47.8 Å². The number of benzene rings is 2. The van der Waals surface area contributed by atoms with E-state index in [2.05, 4.69) is 54.5 Å². The van der Waals surface area contributed by atoms with E-state index < -0.39 is 0 Å². The van der Waals surface area contributed by atoms with Crippen molar-refractivity contribution < 1.29 is 4.79 Å². The highest BCUT2D eigenvalue weighted by Gasteiger charge is 2.10. The van der Waals surface area contributed by atoms with Crippen LogP contribution in [0.5, 0.6) is 0 Å². The van der Waals surface area contributed by atoms with Gasteiger partial charge in [-0.1, -0.05) is 55.0 Å². The Hall–Kier alpha value is -2.46. The van der Waals surface area contributed by atoms with Gasteiger partial charge in [0.2, 0.25) is 5.91 Å². The molecule has 0 atom stereocenters. The molecule has 0 spiro atoms. The summed E-state index contributed by atoms with van der Waals surface area (Å²) < 4.78 is 0. The Morgan fingerprint density at radius 3 is 2.56 bits per heavy atom. The summed E-state index contributed by atoms with van der Waals surface area (Å²) >= 11 is 1.46. The fourth-order valence-corrected chi connectivity index (χ4v) is 3.49. The predicted octanol–water partition coefficient (Wildman–Crippen LogP) is 5.17. The molecule has 3 rings (SSSR count). The van der Waals surface area contributed by atoms with E-state index in [0.29, 0.717) is 11.6 Å². The zero-order chi connectivity index (χ0) is 17.8. The lowest BCUT2D eigenvalue weighted by Gasteiger charge is -2.06. The van der Waals surface area contributed by atoms with Crippen LogP contribution in [0, 0.1) is 13.8 Å². The van der Waals surface area contributed by atoms with Crippen molar-refractivity contribution in [2.75, 3.05) is 5.32 Å². The highest BCUT2D eigenvalue weighted by Crippen LogP contribution is 2.25. The molecule has 1 heterocycles. The largest absolute Gasteiger partial charge is 0.302 e. The fourth-order valence-electron chi connectivity index (χ4n) is 2.76. The van der Waals surface area contributed by atoms with E-state index in [9.17, 15) is 4.79 Å². The predicted molar refractivity (Wildman–Crippen MR) is 105 cm³/mol. The van der Waals surface area contributed by atoms with Crippen molar-refractivity contribution in [3.63, 3.8) is 0 Å². The minimum atomic E-state index is -0.0332. The van der Waals surface area contributed by atoms with Gasteiger partial charge in [-0.3, -0.25) is 4.79 Å². The third-order valence-electron chi connectivity index (χ3n) is 4.26. The number of rotatable bonds is 5. The summed E-state index contributed by atoms with van der Waals surface area (Å²) in [6.07, 6.45) is 1.39. The molecule has 0 fully saturated rings. The molecule has 1 amide bonds. The number of amides is 1. The van der Waals surface area contributed by atoms with Gasteiger partial charge >= 0.3 is 0 Å². The van der Waals surface area contributed by atoms with E-state index >= 15 is 0 Å². The van der Waals surface area contributed by atoms with Crippen LogP contribution in [-0.2, 0) is 17.6 Å². The van der Waals surface area contributed by atoms with Gasteiger partial charge in [-0.2, -0.15) is 0 Å². The normalized spacial score (nSPS) is 10.7. The third-order valence-corrected chi connectivity index (χ3v) is 5.02. The number of nitrogens with one attached hydrogen (secondary N) is 1. The van der Waals surface area contributed by atoms with Crippen molar-refractivity contribution in [1.29, 1.82) is 0 Å². The van der Waals surface area contributed by atoms with Crippen molar-refractivity contribution in [3.8, 4) is 11.3 Å². The molecule has 0 saturated heterocycles. The van der Waals surface area contributed by atoms with E-state index in [4.69, 9.17) is 0 Å². The Labute approximate surface area is 152 Å². The third kappa shape index (κ3) is 4.34. The second-order valence-corrected chi connectivity index (χ2v) is 7.10. The Morgan fingerprint density at radius 1 is 1.12 bits per heavy atom. The molecule has 128 valence electrons. The van der Waals surface area contributed by atoms with Gasteiger partial charge in [-0.25, -0.2) is 4.98 Å². The molecule has 2 aromatic carbocycles. The number of carbonyl (C=O) groups excluding carboxylic acids is 1. The van der Waals surface area contributed by atoms with Crippen LogP contribution in [0.1, 0.15) is 29.2 Å². The Kier molecular flexibility index (Phi) is 5.29. The minimum Gasteiger partial charge on any atom is -0.302 e. The molecule has 3 nitrogen and oxygen atoms in total. The Balaban J connectivity index is 1.67. The smallest absolute Gasteiger partial charge is 0.230 e. The average Bonchev–Trinajstić information content (AvgIpc) is 3.06. The Bertz CT molecular complexity index is 881. The minimum absolute atomic E-state index is 0.0332. The summed E-state index contributed by atoms with van der Waals surface area (Å²) in [7, 11) is 0.